The SMILES string of the molecule is CC.CNc1c2c(nc3ccccc13)C1Oc3c(O)ccc4c3[C@@]13CCN(C)[C@H](C4)C3(O)C2. The molecular weight excluding hydrogens is 414 g/mol. The molecule has 6 nitrogen and oxygen atoms in total. The fraction of sp³-hybridized carbons (Fsp3) is 0.444. The molecule has 172 valence electrons. The molecule has 2 bridgehead atoms. The number of phenols is 1. The van der Waals surface area contributed by atoms with Crippen molar-refractivity contribution in [2.45, 2.75) is 56.3 Å². The second kappa shape index (κ2) is 6.84. The van der Waals surface area contributed by atoms with Crippen molar-refractivity contribution in [3.63, 3.8) is 0 Å². The maximum Gasteiger partial charge on any atom is 0.166 e. The van der Waals surface area contributed by atoms with E-state index in [1.165, 1.54) is 5.56 Å². The summed E-state index contributed by atoms with van der Waals surface area (Å²) in [7, 11) is 4.04. The van der Waals surface area contributed by atoms with E-state index in [0.717, 1.165) is 52.8 Å². The van der Waals surface area contributed by atoms with Crippen LogP contribution in [0.3, 0.4) is 0 Å². The molecular formula is C27H31N3O3. The molecule has 6 heteroatoms. The van der Waals surface area contributed by atoms with Gasteiger partial charge < -0.3 is 25.2 Å². The number of likely N-dealkylation sites (tertiary alicyclic amines) is 1. The normalized spacial score (nSPS) is 30.6. The van der Waals surface area contributed by atoms with Crippen LogP contribution in [0.25, 0.3) is 10.9 Å². The Morgan fingerprint density at radius 3 is 2.76 bits per heavy atom. The zero-order chi connectivity index (χ0) is 23.1. The van der Waals surface area contributed by atoms with Gasteiger partial charge in [0, 0.05) is 41.7 Å². The first-order chi connectivity index (χ1) is 16.0. The number of ether oxygens (including phenoxy) is 1. The van der Waals surface area contributed by atoms with Gasteiger partial charge in [-0.25, -0.2) is 4.98 Å². The van der Waals surface area contributed by atoms with Gasteiger partial charge in [0.1, 0.15) is 0 Å². The Morgan fingerprint density at radius 2 is 1.97 bits per heavy atom. The summed E-state index contributed by atoms with van der Waals surface area (Å²) in [5, 5.41) is 27.7. The minimum absolute atomic E-state index is 0.0142. The number of hydrogen-bond acceptors (Lipinski definition) is 6. The number of phenolic OH excluding ortho intramolecular Hbond substituents is 1. The summed E-state index contributed by atoms with van der Waals surface area (Å²) >= 11 is 0. The van der Waals surface area contributed by atoms with Crippen molar-refractivity contribution in [3.05, 3.63) is 58.8 Å². The molecule has 2 unspecified atom stereocenters. The fourth-order valence-corrected chi connectivity index (χ4v) is 7.15. The highest BCUT2D eigenvalue weighted by atomic mass is 16.5. The molecule has 3 N–H and O–H groups in total. The van der Waals surface area contributed by atoms with Crippen LogP contribution in [0.5, 0.6) is 11.5 Å². The number of hydrogen-bond donors (Lipinski definition) is 3. The van der Waals surface area contributed by atoms with Crippen LogP contribution in [0.2, 0.25) is 0 Å². The number of aromatic hydroxyl groups is 1. The zero-order valence-electron chi connectivity index (χ0n) is 19.6. The van der Waals surface area contributed by atoms with Crippen LogP contribution in [-0.4, -0.2) is 52.4 Å². The van der Waals surface area contributed by atoms with Crippen LogP contribution in [0.1, 0.15) is 48.8 Å². The highest BCUT2D eigenvalue weighted by Gasteiger charge is 2.72. The van der Waals surface area contributed by atoms with Crippen molar-refractivity contribution in [1.29, 1.82) is 0 Å². The highest BCUT2D eigenvalue weighted by molar-refractivity contribution is 5.94. The first-order valence-corrected chi connectivity index (χ1v) is 12.0. The Labute approximate surface area is 194 Å². The Morgan fingerprint density at radius 1 is 1.18 bits per heavy atom. The largest absolute Gasteiger partial charge is 0.504 e. The summed E-state index contributed by atoms with van der Waals surface area (Å²) in [6, 6.07) is 11.8. The Kier molecular flexibility index (Phi) is 4.30. The second-order valence-electron chi connectivity index (χ2n) is 9.59. The lowest BCUT2D eigenvalue weighted by atomic mass is 9.49. The van der Waals surface area contributed by atoms with Gasteiger partial charge >= 0.3 is 0 Å². The number of piperidine rings is 1. The predicted molar refractivity (Wildman–Crippen MR) is 129 cm³/mol. The first-order valence-electron chi connectivity index (χ1n) is 12.0. The summed E-state index contributed by atoms with van der Waals surface area (Å²) in [5.74, 6) is 0.691. The number of aliphatic hydroxyl groups is 1. The molecule has 4 atom stereocenters. The van der Waals surface area contributed by atoms with Gasteiger partial charge in [0.25, 0.3) is 0 Å². The lowest BCUT2D eigenvalue weighted by Gasteiger charge is -2.62. The summed E-state index contributed by atoms with van der Waals surface area (Å²) in [6.45, 7) is 4.88. The summed E-state index contributed by atoms with van der Waals surface area (Å²) < 4.78 is 6.57. The van der Waals surface area contributed by atoms with Crippen LogP contribution >= 0.6 is 0 Å². The van der Waals surface area contributed by atoms with E-state index in [4.69, 9.17) is 9.72 Å². The number of pyridine rings is 1. The third kappa shape index (κ3) is 2.28. The summed E-state index contributed by atoms with van der Waals surface area (Å²) in [6.07, 6.45) is 1.61. The number of likely N-dealkylation sites (N-methyl/N-ethyl adjacent to an activating group) is 1. The first kappa shape index (κ1) is 20.8. The van der Waals surface area contributed by atoms with E-state index in [1.807, 2.05) is 45.2 Å². The molecule has 4 aliphatic rings. The van der Waals surface area contributed by atoms with Gasteiger partial charge in [-0.15, -0.1) is 0 Å². The quantitative estimate of drug-likeness (QED) is 0.527. The smallest absolute Gasteiger partial charge is 0.166 e. The number of anilines is 1. The van der Waals surface area contributed by atoms with Crippen LogP contribution in [0, 0.1) is 0 Å². The molecule has 2 aromatic carbocycles. The number of rotatable bonds is 1. The third-order valence-electron chi connectivity index (χ3n) is 8.45. The molecule has 3 aromatic rings. The second-order valence-corrected chi connectivity index (χ2v) is 9.59. The number of nitrogens with one attached hydrogen (secondary N) is 1. The average Bonchev–Trinajstić information content (AvgIpc) is 3.19. The van der Waals surface area contributed by atoms with E-state index in [2.05, 4.69) is 23.3 Å². The number of benzene rings is 2. The zero-order valence-corrected chi connectivity index (χ0v) is 19.6. The van der Waals surface area contributed by atoms with Crippen LogP contribution in [-0.2, 0) is 18.3 Å². The van der Waals surface area contributed by atoms with E-state index in [9.17, 15) is 10.2 Å². The maximum absolute atomic E-state index is 12.6. The van der Waals surface area contributed by atoms with Gasteiger partial charge in [-0.05, 0) is 44.1 Å². The van der Waals surface area contributed by atoms with Gasteiger partial charge in [-0.1, -0.05) is 38.1 Å². The van der Waals surface area contributed by atoms with Gasteiger partial charge in [0.2, 0.25) is 0 Å². The Bertz CT molecular complexity index is 1290. The minimum atomic E-state index is -1.00. The Hall–Kier alpha value is -2.83. The van der Waals surface area contributed by atoms with Gasteiger partial charge in [0.15, 0.2) is 17.6 Å². The third-order valence-corrected chi connectivity index (χ3v) is 8.45. The molecule has 2 aliphatic heterocycles. The molecule has 3 heterocycles. The van der Waals surface area contributed by atoms with Crippen molar-refractivity contribution in [1.82, 2.24) is 9.88 Å². The molecule has 0 saturated carbocycles. The molecule has 1 saturated heterocycles. The average molecular weight is 446 g/mol. The molecule has 1 fully saturated rings. The van der Waals surface area contributed by atoms with Crippen molar-refractivity contribution < 1.29 is 14.9 Å². The van der Waals surface area contributed by atoms with E-state index in [0.29, 0.717) is 12.2 Å². The van der Waals surface area contributed by atoms with E-state index < -0.39 is 17.1 Å². The van der Waals surface area contributed by atoms with E-state index >= 15 is 0 Å². The monoisotopic (exact) mass is 445 g/mol. The topological polar surface area (TPSA) is 77.9 Å². The molecule has 2 aliphatic carbocycles. The van der Waals surface area contributed by atoms with Gasteiger partial charge in [0.05, 0.1) is 22.2 Å². The predicted octanol–water partition coefficient (Wildman–Crippen LogP) is 3.93. The van der Waals surface area contributed by atoms with Crippen molar-refractivity contribution in [3.8, 4) is 11.5 Å². The fourth-order valence-electron chi connectivity index (χ4n) is 7.15. The minimum Gasteiger partial charge on any atom is -0.504 e. The van der Waals surface area contributed by atoms with Gasteiger partial charge in [-0.2, -0.15) is 0 Å². The molecule has 0 radical (unpaired) electrons. The lowest BCUT2D eigenvalue weighted by molar-refractivity contribution is -0.167. The van der Waals surface area contributed by atoms with Crippen LogP contribution < -0.4 is 10.1 Å². The summed E-state index contributed by atoms with van der Waals surface area (Å²) in [4.78, 5) is 7.39. The number of nitrogens with zero attached hydrogens (tertiary/aromatic N) is 2. The van der Waals surface area contributed by atoms with E-state index in [-0.39, 0.29) is 11.8 Å². The van der Waals surface area contributed by atoms with Crippen LogP contribution in [0.15, 0.2) is 36.4 Å². The van der Waals surface area contributed by atoms with Gasteiger partial charge in [-0.3, -0.25) is 0 Å². The molecule has 1 spiro atoms. The standard InChI is InChI=1S/C25H25N3O3.C2H6/c1-26-20-14-5-3-4-6-16(14)27-21-15(20)12-25(30)18-11-13-7-8-17(29)22-19(13)24(25,23(21)31-22)9-10-28(18)2;1-2/h3-8,18,23,29-30H,9-12H2,1-2H3,(H,26,27);1-2H3/t18-,23?,24+,25?;/m1./s1. The Balaban J connectivity index is 0.00000101. The highest BCUT2D eigenvalue weighted by Crippen LogP contribution is 2.68. The van der Waals surface area contributed by atoms with Crippen molar-refractivity contribution in [2.24, 2.45) is 0 Å². The van der Waals surface area contributed by atoms with Crippen molar-refractivity contribution >= 4 is 16.6 Å². The summed E-state index contributed by atoms with van der Waals surface area (Å²) in [5.41, 5.74) is 4.43. The number of aromatic nitrogens is 1. The number of para-hydroxylation sites is 1. The lowest BCUT2D eigenvalue weighted by Crippen LogP contribution is -2.74. The van der Waals surface area contributed by atoms with Crippen molar-refractivity contribution in [2.75, 3.05) is 26.0 Å². The number of fused-ring (bicyclic) bond motifs is 3. The molecule has 33 heavy (non-hydrogen) atoms. The molecule has 1 aromatic heterocycles. The maximum atomic E-state index is 12.6. The van der Waals surface area contributed by atoms with Crippen LogP contribution in [0.4, 0.5) is 5.69 Å². The van der Waals surface area contributed by atoms with E-state index in [1.54, 1.807) is 6.07 Å². The molecule has 0 amide bonds. The molecule has 7 rings (SSSR count).